The fourth-order valence-corrected chi connectivity index (χ4v) is 8.11. The summed E-state index contributed by atoms with van der Waals surface area (Å²) < 4.78 is 22.5. The first kappa shape index (κ1) is 26.0. The number of ether oxygens (including phenoxy) is 3. The van der Waals surface area contributed by atoms with E-state index >= 15 is 0 Å². The van der Waals surface area contributed by atoms with E-state index in [1.54, 1.807) is 0 Å². The van der Waals surface area contributed by atoms with Gasteiger partial charge in [-0.25, -0.2) is 0 Å². The average Bonchev–Trinajstić information content (AvgIpc) is 3.47. The molecule has 0 bridgehead atoms. The van der Waals surface area contributed by atoms with Crippen LogP contribution in [0, 0.1) is 0 Å². The van der Waals surface area contributed by atoms with Gasteiger partial charge in [0.05, 0.1) is 22.4 Å². The summed E-state index contributed by atoms with van der Waals surface area (Å²) >= 11 is 0. The van der Waals surface area contributed by atoms with E-state index in [9.17, 15) is 0 Å². The molecule has 7 aromatic rings. The third-order valence-corrected chi connectivity index (χ3v) is 10.1. The highest BCUT2D eigenvalue weighted by Crippen LogP contribution is 2.52. The second-order valence-corrected chi connectivity index (χ2v) is 12.8. The number of hydrogen-bond donors (Lipinski definition) is 0. The normalized spacial score (nSPS) is 15.0. The maximum absolute atomic E-state index is 6.98. The summed E-state index contributed by atoms with van der Waals surface area (Å²) in [6.45, 7) is 0.0120. The maximum atomic E-state index is 6.98. The van der Waals surface area contributed by atoms with Gasteiger partial charge >= 0.3 is 0 Å². The van der Waals surface area contributed by atoms with Gasteiger partial charge in [0.1, 0.15) is 17.2 Å². The van der Waals surface area contributed by atoms with Gasteiger partial charge in [0, 0.05) is 27.6 Å². The Morgan fingerprint density at radius 3 is 1.94 bits per heavy atom. The number of rotatable bonds is 2. The van der Waals surface area contributed by atoms with Crippen LogP contribution in [0.5, 0.6) is 34.5 Å². The van der Waals surface area contributed by atoms with Crippen molar-refractivity contribution in [2.45, 2.75) is 12.8 Å². The highest BCUT2D eigenvalue weighted by atomic mass is 16.5. The highest BCUT2D eigenvalue weighted by Gasteiger charge is 2.42. The van der Waals surface area contributed by atoms with E-state index in [4.69, 9.17) is 14.2 Å². The number of para-hydroxylation sites is 6. The molecule has 0 unspecified atom stereocenters. The molecule has 5 nitrogen and oxygen atoms in total. The third kappa shape index (κ3) is 3.52. The van der Waals surface area contributed by atoms with Gasteiger partial charge in [-0.15, -0.1) is 0 Å². The Kier molecular flexibility index (Phi) is 5.25. The Bertz CT molecular complexity index is 2520. The first-order valence-electron chi connectivity index (χ1n) is 16.5. The summed E-state index contributed by atoms with van der Waals surface area (Å²) in [6, 6.07) is 42.4. The lowest BCUT2D eigenvalue weighted by molar-refractivity contribution is 0.467. The van der Waals surface area contributed by atoms with Crippen LogP contribution < -0.4 is 35.5 Å². The molecule has 226 valence electrons. The second kappa shape index (κ2) is 9.69. The summed E-state index contributed by atoms with van der Waals surface area (Å²) in [5.74, 6) is 5.19. The Balaban J connectivity index is 1.23. The number of anilines is 3. The number of aromatic nitrogens is 1. The molecule has 1 aromatic heterocycles. The summed E-state index contributed by atoms with van der Waals surface area (Å²) in [4.78, 5) is 2.31. The maximum Gasteiger partial charge on any atom is 0.260 e. The van der Waals surface area contributed by atoms with E-state index in [-0.39, 0.29) is 6.71 Å². The predicted octanol–water partition coefficient (Wildman–Crippen LogP) is 9.29. The minimum atomic E-state index is 0.0120. The first-order chi connectivity index (χ1) is 23.8. The monoisotopic (exact) mass is 618 g/mol. The number of fused-ring (bicyclic) bond motifs is 10. The van der Waals surface area contributed by atoms with E-state index in [2.05, 4.69) is 119 Å². The minimum Gasteiger partial charge on any atom is -0.458 e. The lowest BCUT2D eigenvalue weighted by Gasteiger charge is -2.33. The van der Waals surface area contributed by atoms with Crippen LogP contribution in [0.3, 0.4) is 0 Å². The van der Waals surface area contributed by atoms with E-state index in [0.717, 1.165) is 103 Å². The summed E-state index contributed by atoms with van der Waals surface area (Å²) in [5, 5.41) is 2.26. The second-order valence-electron chi connectivity index (χ2n) is 12.8. The van der Waals surface area contributed by atoms with Gasteiger partial charge < -0.3 is 23.7 Å². The van der Waals surface area contributed by atoms with Crippen LogP contribution in [0.1, 0.15) is 12.8 Å². The average molecular weight is 619 g/mol. The molecule has 0 fully saturated rings. The Hall–Kier alpha value is -6.14. The smallest absolute Gasteiger partial charge is 0.260 e. The van der Waals surface area contributed by atoms with E-state index < -0.39 is 0 Å². The summed E-state index contributed by atoms with van der Waals surface area (Å²) in [5.41, 5.74) is 9.94. The van der Waals surface area contributed by atoms with Crippen molar-refractivity contribution >= 4 is 67.7 Å². The van der Waals surface area contributed by atoms with Crippen molar-refractivity contribution < 1.29 is 14.2 Å². The molecule has 0 N–H and O–H groups in total. The molecule has 48 heavy (non-hydrogen) atoms. The van der Waals surface area contributed by atoms with Crippen molar-refractivity contribution in [2.75, 3.05) is 4.90 Å². The largest absolute Gasteiger partial charge is 0.458 e. The van der Waals surface area contributed by atoms with Gasteiger partial charge in [-0.05, 0) is 84.4 Å². The molecule has 0 radical (unpaired) electrons. The Morgan fingerprint density at radius 1 is 0.583 bits per heavy atom. The van der Waals surface area contributed by atoms with Gasteiger partial charge in [0.2, 0.25) is 0 Å². The molecule has 6 heteroatoms. The van der Waals surface area contributed by atoms with Crippen LogP contribution in [0.2, 0.25) is 0 Å². The molecule has 0 atom stereocenters. The molecule has 0 saturated heterocycles. The zero-order valence-corrected chi connectivity index (χ0v) is 25.9. The topological polar surface area (TPSA) is 35.9 Å². The van der Waals surface area contributed by atoms with Crippen LogP contribution in [0.25, 0.3) is 27.5 Å². The van der Waals surface area contributed by atoms with Gasteiger partial charge in [-0.2, -0.15) is 0 Å². The van der Waals surface area contributed by atoms with Crippen LogP contribution >= 0.6 is 0 Å². The number of allylic oxidation sites excluding steroid dienone is 4. The molecule has 1 aliphatic carbocycles. The zero-order chi connectivity index (χ0) is 31.3. The molecule has 4 aliphatic rings. The van der Waals surface area contributed by atoms with E-state index in [1.165, 1.54) is 5.70 Å². The quantitative estimate of drug-likeness (QED) is 0.181. The van der Waals surface area contributed by atoms with E-state index in [0.29, 0.717) is 0 Å². The molecule has 6 aromatic carbocycles. The molecule has 11 rings (SSSR count). The Labute approximate surface area is 277 Å². The SMILES string of the molecule is C1=CCCC(n2c3cc(N4c5ccccc5Oc5ccccc54)ccc3c3cc4c5c(c32)Oc2ccccc2B5c2ccccc2O4)=C1. The van der Waals surface area contributed by atoms with Crippen LogP contribution in [-0.4, -0.2) is 11.3 Å². The zero-order valence-electron chi connectivity index (χ0n) is 25.9. The van der Waals surface area contributed by atoms with Gasteiger partial charge in [-0.3, -0.25) is 0 Å². The minimum absolute atomic E-state index is 0.0120. The molecule has 0 saturated carbocycles. The fourth-order valence-electron chi connectivity index (χ4n) is 8.11. The number of hydrogen-bond acceptors (Lipinski definition) is 4. The van der Waals surface area contributed by atoms with Gasteiger partial charge in [0.25, 0.3) is 6.71 Å². The molecule has 0 amide bonds. The molecule has 3 aliphatic heterocycles. The number of benzene rings is 6. The van der Waals surface area contributed by atoms with Gasteiger partial charge in [-0.1, -0.05) is 78.9 Å². The van der Waals surface area contributed by atoms with Crippen LogP contribution in [0.15, 0.2) is 140 Å². The standard InChI is InChI=1S/C42H27BN2O3/c1-2-12-26(13-3-1)45-34-24-27(44-32-16-6-10-20-37(32)47-38-21-11-7-17-33(38)44)22-23-28(34)29-25-39-40-42(41(29)45)48-36-19-9-5-15-31(36)43(40)30-14-4-8-18-35(30)46-39/h1-2,4-12,14-25H,3,13H2. The summed E-state index contributed by atoms with van der Waals surface area (Å²) in [7, 11) is 0. The van der Waals surface area contributed by atoms with Crippen LogP contribution in [-0.2, 0) is 0 Å². The predicted molar refractivity (Wildman–Crippen MR) is 195 cm³/mol. The summed E-state index contributed by atoms with van der Waals surface area (Å²) in [6.07, 6.45) is 8.58. The number of nitrogens with zero attached hydrogens (tertiary/aromatic N) is 2. The molecule has 0 spiro atoms. The fraction of sp³-hybridized carbons (Fsp3) is 0.0476. The molecular formula is C42H27BN2O3. The highest BCUT2D eigenvalue weighted by molar-refractivity contribution is 6.98. The van der Waals surface area contributed by atoms with Crippen LogP contribution in [0.4, 0.5) is 17.1 Å². The third-order valence-electron chi connectivity index (χ3n) is 10.1. The van der Waals surface area contributed by atoms with Crippen molar-refractivity contribution in [1.82, 2.24) is 4.57 Å². The lowest BCUT2D eigenvalue weighted by atomic mass is 9.35. The van der Waals surface area contributed by atoms with Crippen molar-refractivity contribution in [3.8, 4) is 34.5 Å². The lowest BCUT2D eigenvalue weighted by Crippen LogP contribution is -2.57. The van der Waals surface area contributed by atoms with Crippen molar-refractivity contribution in [1.29, 1.82) is 0 Å². The van der Waals surface area contributed by atoms with Crippen molar-refractivity contribution in [3.63, 3.8) is 0 Å². The molecular weight excluding hydrogens is 591 g/mol. The van der Waals surface area contributed by atoms with Crippen molar-refractivity contribution in [2.24, 2.45) is 0 Å². The Morgan fingerprint density at radius 2 is 1.23 bits per heavy atom. The van der Waals surface area contributed by atoms with Gasteiger partial charge in [0.15, 0.2) is 17.2 Å². The first-order valence-corrected chi connectivity index (χ1v) is 16.5. The van der Waals surface area contributed by atoms with Crippen molar-refractivity contribution in [3.05, 3.63) is 140 Å². The molecule has 4 heterocycles. The van der Waals surface area contributed by atoms with E-state index in [1.807, 2.05) is 30.3 Å².